The van der Waals surface area contributed by atoms with Crippen LogP contribution in [0.15, 0.2) is 24.5 Å². The summed E-state index contributed by atoms with van der Waals surface area (Å²) in [6.07, 6.45) is 7.33. The van der Waals surface area contributed by atoms with E-state index in [9.17, 15) is 0 Å². The molecule has 1 aromatic heterocycles. The molecular formula is C10H13N3. The number of nitrogens with one attached hydrogen (secondary N) is 1. The summed E-state index contributed by atoms with van der Waals surface area (Å²) in [7, 11) is 0. The molecule has 0 atom stereocenters. The minimum absolute atomic E-state index is 0.281. The summed E-state index contributed by atoms with van der Waals surface area (Å²) < 4.78 is 0. The number of rotatable bonds is 2. The Kier molecular flexibility index (Phi) is 1.21. The lowest BCUT2D eigenvalue weighted by Crippen LogP contribution is -2.77. The van der Waals surface area contributed by atoms with Crippen molar-refractivity contribution in [3.8, 4) is 0 Å². The predicted molar refractivity (Wildman–Crippen MR) is 49.8 cm³/mol. The molecule has 1 aromatic rings. The van der Waals surface area contributed by atoms with E-state index >= 15 is 0 Å². The Bertz CT molecular complexity index is 314. The molecule has 4 rings (SSSR count). The second-order valence-corrected chi connectivity index (χ2v) is 4.47. The quantitative estimate of drug-likeness (QED) is 0.514. The van der Waals surface area contributed by atoms with Crippen LogP contribution in [0.2, 0.25) is 0 Å². The molecule has 0 saturated heterocycles. The fraction of sp³-hybridized carbons (Fsp3) is 0.500. The summed E-state index contributed by atoms with van der Waals surface area (Å²) in [4.78, 5) is 4.03. The average Bonchev–Trinajstić information content (AvgIpc) is 2.02. The summed E-state index contributed by atoms with van der Waals surface area (Å²) in [5, 5.41) is 0. The second-order valence-electron chi connectivity index (χ2n) is 4.47. The molecule has 0 aliphatic heterocycles. The molecule has 13 heavy (non-hydrogen) atoms. The smallest absolute Gasteiger partial charge is 0.0346 e. The van der Waals surface area contributed by atoms with E-state index in [1.54, 1.807) is 0 Å². The Labute approximate surface area is 77.3 Å². The molecule has 0 unspecified atom stereocenters. The summed E-state index contributed by atoms with van der Waals surface area (Å²) >= 11 is 0. The largest absolute Gasteiger partial charge is 0.271 e. The van der Waals surface area contributed by atoms with Crippen molar-refractivity contribution in [1.29, 1.82) is 0 Å². The van der Waals surface area contributed by atoms with Gasteiger partial charge in [-0.2, -0.15) is 0 Å². The predicted octanol–water partition coefficient (Wildman–Crippen LogP) is 0.719. The summed E-state index contributed by atoms with van der Waals surface area (Å²) in [5.41, 5.74) is 5.07. The number of hydrogen-bond acceptors (Lipinski definition) is 3. The van der Waals surface area contributed by atoms with Crippen molar-refractivity contribution in [1.82, 2.24) is 10.4 Å². The van der Waals surface area contributed by atoms with Crippen molar-refractivity contribution < 1.29 is 0 Å². The summed E-state index contributed by atoms with van der Waals surface area (Å²) in [6.45, 7) is 0. The van der Waals surface area contributed by atoms with Crippen LogP contribution in [-0.2, 0) is 5.41 Å². The third kappa shape index (κ3) is 0.785. The van der Waals surface area contributed by atoms with E-state index in [1.807, 2.05) is 12.4 Å². The van der Waals surface area contributed by atoms with Gasteiger partial charge in [-0.1, -0.05) is 0 Å². The van der Waals surface area contributed by atoms with Gasteiger partial charge in [0.2, 0.25) is 0 Å². The Morgan fingerprint density at radius 1 is 1.23 bits per heavy atom. The third-order valence-corrected chi connectivity index (χ3v) is 3.63. The molecule has 3 saturated carbocycles. The molecule has 3 aliphatic rings. The number of hydrazine groups is 1. The average molecular weight is 175 g/mol. The molecule has 3 fully saturated rings. The van der Waals surface area contributed by atoms with Crippen LogP contribution < -0.4 is 11.3 Å². The molecule has 68 valence electrons. The number of hydrogen-bond donors (Lipinski definition) is 2. The number of nitrogens with zero attached hydrogens (tertiary/aromatic N) is 1. The zero-order chi connectivity index (χ0) is 8.94. The van der Waals surface area contributed by atoms with Gasteiger partial charge in [-0.05, 0) is 37.0 Å². The van der Waals surface area contributed by atoms with Crippen molar-refractivity contribution in [3.05, 3.63) is 30.1 Å². The highest BCUT2D eigenvalue weighted by Crippen LogP contribution is 2.67. The first-order chi connectivity index (χ1) is 6.29. The molecule has 0 radical (unpaired) electrons. The van der Waals surface area contributed by atoms with Gasteiger partial charge in [0.15, 0.2) is 0 Å². The van der Waals surface area contributed by atoms with Gasteiger partial charge in [0.1, 0.15) is 0 Å². The Hall–Kier alpha value is -0.930. The van der Waals surface area contributed by atoms with Crippen LogP contribution in [0.1, 0.15) is 24.8 Å². The van der Waals surface area contributed by atoms with Crippen molar-refractivity contribution in [3.63, 3.8) is 0 Å². The molecule has 1 heterocycles. The number of pyridine rings is 1. The molecule has 2 bridgehead atoms. The molecule has 0 aromatic carbocycles. The maximum absolute atomic E-state index is 5.48. The van der Waals surface area contributed by atoms with E-state index in [-0.39, 0.29) is 5.54 Å². The number of aromatic nitrogens is 1. The maximum Gasteiger partial charge on any atom is 0.0346 e. The van der Waals surface area contributed by atoms with Gasteiger partial charge in [-0.3, -0.25) is 16.3 Å². The van der Waals surface area contributed by atoms with E-state index < -0.39 is 0 Å². The van der Waals surface area contributed by atoms with E-state index in [2.05, 4.69) is 22.5 Å². The normalized spacial score (nSPS) is 40.7. The van der Waals surface area contributed by atoms with Crippen molar-refractivity contribution >= 4 is 0 Å². The van der Waals surface area contributed by atoms with Crippen LogP contribution in [0.5, 0.6) is 0 Å². The van der Waals surface area contributed by atoms with Crippen LogP contribution in [0.25, 0.3) is 0 Å². The molecule has 0 spiro atoms. The minimum atomic E-state index is 0.281. The Morgan fingerprint density at radius 3 is 2.38 bits per heavy atom. The summed E-state index contributed by atoms with van der Waals surface area (Å²) in [5.74, 6) is 5.48. The highest BCUT2D eigenvalue weighted by atomic mass is 15.3. The maximum atomic E-state index is 5.48. The molecular weight excluding hydrogens is 162 g/mol. The molecule has 3 nitrogen and oxygen atoms in total. The lowest BCUT2D eigenvalue weighted by Gasteiger charge is -2.70. The van der Waals surface area contributed by atoms with E-state index in [0.717, 1.165) is 0 Å². The zero-order valence-electron chi connectivity index (χ0n) is 7.46. The van der Waals surface area contributed by atoms with Crippen molar-refractivity contribution in [2.45, 2.75) is 30.2 Å². The lowest BCUT2D eigenvalue weighted by molar-refractivity contribution is -0.0883. The molecule has 3 heteroatoms. The van der Waals surface area contributed by atoms with Crippen molar-refractivity contribution in [2.24, 2.45) is 5.84 Å². The molecule has 0 amide bonds. The van der Waals surface area contributed by atoms with E-state index in [4.69, 9.17) is 5.84 Å². The van der Waals surface area contributed by atoms with Gasteiger partial charge in [0.05, 0.1) is 0 Å². The standard InChI is InChI=1S/C10H13N3/c11-13-10-5-9(6-10,7-10)8-1-3-12-4-2-8/h1-4,13H,5-7,11H2. The monoisotopic (exact) mass is 175 g/mol. The van der Waals surface area contributed by atoms with Gasteiger partial charge in [-0.25, -0.2) is 0 Å². The second kappa shape index (κ2) is 2.11. The van der Waals surface area contributed by atoms with Gasteiger partial charge in [0.25, 0.3) is 0 Å². The first-order valence-electron chi connectivity index (χ1n) is 4.67. The van der Waals surface area contributed by atoms with Crippen LogP contribution in [0.4, 0.5) is 0 Å². The van der Waals surface area contributed by atoms with Crippen LogP contribution in [-0.4, -0.2) is 10.5 Å². The van der Waals surface area contributed by atoms with Crippen LogP contribution >= 0.6 is 0 Å². The molecule has 3 aliphatic carbocycles. The highest BCUT2D eigenvalue weighted by Gasteiger charge is 2.67. The molecule has 3 N–H and O–H groups in total. The fourth-order valence-corrected chi connectivity index (χ4v) is 2.95. The Balaban J connectivity index is 1.85. The SMILES string of the molecule is NNC12CC(c3ccncc3)(C1)C2. The first-order valence-corrected chi connectivity index (χ1v) is 4.67. The van der Waals surface area contributed by atoms with Crippen LogP contribution in [0.3, 0.4) is 0 Å². The van der Waals surface area contributed by atoms with Gasteiger partial charge < -0.3 is 0 Å². The highest BCUT2D eigenvalue weighted by molar-refractivity contribution is 5.40. The number of nitrogens with two attached hydrogens (primary N) is 1. The van der Waals surface area contributed by atoms with Crippen molar-refractivity contribution in [2.75, 3.05) is 0 Å². The first kappa shape index (κ1) is 7.47. The van der Waals surface area contributed by atoms with Gasteiger partial charge >= 0.3 is 0 Å². The minimum Gasteiger partial charge on any atom is -0.271 e. The zero-order valence-corrected chi connectivity index (χ0v) is 7.46. The van der Waals surface area contributed by atoms with Gasteiger partial charge in [0, 0.05) is 23.3 Å². The lowest BCUT2D eigenvalue weighted by atomic mass is 9.38. The Morgan fingerprint density at radius 2 is 1.85 bits per heavy atom. The fourth-order valence-electron chi connectivity index (χ4n) is 2.95. The third-order valence-electron chi connectivity index (χ3n) is 3.63. The van der Waals surface area contributed by atoms with Crippen LogP contribution in [0, 0.1) is 0 Å². The summed E-state index contributed by atoms with van der Waals surface area (Å²) in [6, 6.07) is 4.25. The van der Waals surface area contributed by atoms with Gasteiger partial charge in [-0.15, -0.1) is 0 Å². The topological polar surface area (TPSA) is 50.9 Å². The van der Waals surface area contributed by atoms with E-state index in [0.29, 0.717) is 5.41 Å². The van der Waals surface area contributed by atoms with E-state index in [1.165, 1.54) is 24.8 Å².